The summed E-state index contributed by atoms with van der Waals surface area (Å²) < 4.78 is 5.09. The second-order valence-electron chi connectivity index (χ2n) is 4.32. The van der Waals surface area contributed by atoms with Crippen LogP contribution in [0, 0.1) is 11.3 Å². The second-order valence-corrected chi connectivity index (χ2v) is 6.21. The van der Waals surface area contributed by atoms with E-state index in [4.69, 9.17) is 62.7 Å². The Balaban J connectivity index is 2.64. The number of halogens is 5. The molecule has 0 aromatic heterocycles. The fraction of sp³-hybridized carbons (Fsp3) is 0.133. The Bertz CT molecular complexity index is 723. The maximum atomic E-state index is 9.54. The van der Waals surface area contributed by atoms with Crippen LogP contribution in [-0.2, 0) is 0 Å². The molecule has 0 aliphatic carbocycles. The first-order chi connectivity index (χ1) is 10.4. The Kier molecular flexibility index (Phi) is 5.71. The first-order valence-electron chi connectivity index (χ1n) is 5.97. The highest BCUT2D eigenvalue weighted by Crippen LogP contribution is 2.47. The molecule has 2 nitrogen and oxygen atoms in total. The number of nitrogens with zero attached hydrogens (tertiary/aromatic N) is 1. The Hall–Kier alpha value is -0.820. The van der Waals surface area contributed by atoms with E-state index < -0.39 is 5.92 Å². The Morgan fingerprint density at radius 3 is 1.73 bits per heavy atom. The summed E-state index contributed by atoms with van der Waals surface area (Å²) in [6, 6.07) is 9.12. The maximum Gasteiger partial charge on any atom is 0.118 e. The molecule has 114 valence electrons. The summed E-state index contributed by atoms with van der Waals surface area (Å²) in [6.45, 7) is 0. The fourth-order valence-corrected chi connectivity index (χ4v) is 3.35. The fourth-order valence-electron chi connectivity index (χ4n) is 1.98. The van der Waals surface area contributed by atoms with E-state index in [1.54, 1.807) is 31.4 Å². The van der Waals surface area contributed by atoms with Crippen LogP contribution in [0.5, 0.6) is 5.75 Å². The van der Waals surface area contributed by atoms with Crippen LogP contribution in [0.2, 0.25) is 25.1 Å². The van der Waals surface area contributed by atoms with Crippen molar-refractivity contribution >= 4 is 58.0 Å². The van der Waals surface area contributed by atoms with Gasteiger partial charge in [-0.05, 0) is 17.7 Å². The van der Waals surface area contributed by atoms with Gasteiger partial charge < -0.3 is 4.74 Å². The predicted octanol–water partition coefficient (Wildman–Crippen LogP) is 6.62. The topological polar surface area (TPSA) is 33.0 Å². The number of rotatable bonds is 3. The van der Waals surface area contributed by atoms with Gasteiger partial charge in [0.1, 0.15) is 5.75 Å². The van der Waals surface area contributed by atoms with Crippen molar-refractivity contribution in [2.75, 3.05) is 7.11 Å². The molecule has 2 rings (SSSR count). The lowest BCUT2D eigenvalue weighted by atomic mass is 9.92. The van der Waals surface area contributed by atoms with Gasteiger partial charge in [0.2, 0.25) is 0 Å². The number of benzene rings is 2. The smallest absolute Gasteiger partial charge is 0.118 e. The Morgan fingerprint density at radius 1 is 0.864 bits per heavy atom. The van der Waals surface area contributed by atoms with Crippen LogP contribution in [0.4, 0.5) is 0 Å². The van der Waals surface area contributed by atoms with E-state index in [-0.39, 0.29) is 25.1 Å². The standard InChI is InChI=1S/C15H8Cl5NO/c1-22-8-4-2-7(3-5-8)9(6-21)10-11(16)13(18)15(20)14(19)12(10)17/h2-5,9H,1H3. The molecular formula is C15H8Cl5NO. The van der Waals surface area contributed by atoms with Crippen LogP contribution in [0.15, 0.2) is 24.3 Å². The zero-order chi connectivity index (χ0) is 16.4. The van der Waals surface area contributed by atoms with E-state index in [0.717, 1.165) is 0 Å². The molecule has 0 fully saturated rings. The predicted molar refractivity (Wildman–Crippen MR) is 91.9 cm³/mol. The molecule has 0 N–H and O–H groups in total. The van der Waals surface area contributed by atoms with Gasteiger partial charge in [-0.15, -0.1) is 0 Å². The van der Waals surface area contributed by atoms with Crippen LogP contribution in [-0.4, -0.2) is 7.11 Å². The molecule has 2 aromatic rings. The van der Waals surface area contributed by atoms with Gasteiger partial charge in [-0.2, -0.15) is 5.26 Å². The van der Waals surface area contributed by atoms with Gasteiger partial charge in [0.05, 0.1) is 44.2 Å². The third kappa shape index (κ3) is 3.11. The van der Waals surface area contributed by atoms with Crippen LogP contribution in [0.1, 0.15) is 17.0 Å². The lowest BCUT2D eigenvalue weighted by Gasteiger charge is -2.17. The van der Waals surface area contributed by atoms with Crippen LogP contribution >= 0.6 is 58.0 Å². The summed E-state index contributed by atoms with van der Waals surface area (Å²) in [4.78, 5) is 0. The quantitative estimate of drug-likeness (QED) is 0.432. The van der Waals surface area contributed by atoms with Gasteiger partial charge in [0.25, 0.3) is 0 Å². The summed E-state index contributed by atoms with van der Waals surface area (Å²) in [7, 11) is 1.56. The van der Waals surface area contributed by atoms with Crippen molar-refractivity contribution in [1.29, 1.82) is 5.26 Å². The first kappa shape index (κ1) is 17.5. The van der Waals surface area contributed by atoms with Crippen LogP contribution in [0.3, 0.4) is 0 Å². The van der Waals surface area contributed by atoms with E-state index in [9.17, 15) is 5.26 Å². The van der Waals surface area contributed by atoms with E-state index >= 15 is 0 Å². The lowest BCUT2D eigenvalue weighted by molar-refractivity contribution is 0.414. The van der Waals surface area contributed by atoms with Crippen molar-refractivity contribution in [2.24, 2.45) is 0 Å². The summed E-state index contributed by atoms with van der Waals surface area (Å²) in [6.07, 6.45) is 0. The van der Waals surface area contributed by atoms with Gasteiger partial charge in [-0.25, -0.2) is 0 Å². The SMILES string of the molecule is COc1ccc(C(C#N)c2c(Cl)c(Cl)c(Cl)c(Cl)c2Cl)cc1. The van der Waals surface area contributed by atoms with E-state index in [0.29, 0.717) is 16.9 Å². The summed E-state index contributed by atoms with van der Waals surface area (Å²) in [5, 5.41) is 9.98. The molecule has 0 spiro atoms. The molecule has 0 aliphatic rings. The lowest BCUT2D eigenvalue weighted by Crippen LogP contribution is -2.02. The summed E-state index contributed by atoms with van der Waals surface area (Å²) in [5.41, 5.74) is 1.01. The number of methoxy groups -OCH3 is 1. The van der Waals surface area contributed by atoms with Gasteiger partial charge in [-0.3, -0.25) is 0 Å². The van der Waals surface area contributed by atoms with E-state index in [2.05, 4.69) is 6.07 Å². The van der Waals surface area contributed by atoms with Gasteiger partial charge >= 0.3 is 0 Å². The molecule has 0 bridgehead atoms. The summed E-state index contributed by atoms with van der Waals surface area (Å²) in [5.74, 6) is -0.0667. The normalized spacial score (nSPS) is 11.9. The number of nitriles is 1. The highest BCUT2D eigenvalue weighted by Gasteiger charge is 2.26. The Labute approximate surface area is 153 Å². The second kappa shape index (κ2) is 7.17. The molecule has 1 atom stereocenters. The van der Waals surface area contributed by atoms with Crippen molar-refractivity contribution in [3.63, 3.8) is 0 Å². The highest BCUT2D eigenvalue weighted by atomic mass is 35.5. The number of hydrogen-bond acceptors (Lipinski definition) is 2. The highest BCUT2D eigenvalue weighted by molar-refractivity contribution is 6.55. The molecule has 7 heteroatoms. The van der Waals surface area contributed by atoms with E-state index in [1.165, 1.54) is 0 Å². The average Bonchev–Trinajstić information content (AvgIpc) is 2.55. The van der Waals surface area contributed by atoms with E-state index in [1.807, 2.05) is 0 Å². The third-order valence-electron chi connectivity index (χ3n) is 3.11. The largest absolute Gasteiger partial charge is 0.497 e. The maximum absolute atomic E-state index is 9.54. The van der Waals surface area contributed by atoms with Gasteiger partial charge in [-0.1, -0.05) is 70.1 Å². The summed E-state index contributed by atoms with van der Waals surface area (Å²) >= 11 is 30.5. The molecule has 0 aliphatic heterocycles. The minimum Gasteiger partial charge on any atom is -0.497 e. The van der Waals surface area contributed by atoms with Crippen molar-refractivity contribution in [1.82, 2.24) is 0 Å². The molecule has 0 saturated carbocycles. The van der Waals surface area contributed by atoms with Crippen molar-refractivity contribution in [3.8, 4) is 11.8 Å². The molecule has 0 saturated heterocycles. The van der Waals surface area contributed by atoms with Gasteiger partial charge in [0, 0.05) is 5.56 Å². The zero-order valence-electron chi connectivity index (χ0n) is 11.1. The minimum atomic E-state index is -0.738. The first-order valence-corrected chi connectivity index (χ1v) is 7.86. The molecule has 0 amide bonds. The molecule has 0 heterocycles. The van der Waals surface area contributed by atoms with Crippen molar-refractivity contribution < 1.29 is 4.74 Å². The van der Waals surface area contributed by atoms with Gasteiger partial charge in [0.15, 0.2) is 0 Å². The number of hydrogen-bond donors (Lipinski definition) is 0. The molecule has 1 unspecified atom stereocenters. The molecule has 22 heavy (non-hydrogen) atoms. The molecule has 0 radical (unpaired) electrons. The number of ether oxygens (including phenoxy) is 1. The van der Waals surface area contributed by atoms with Crippen LogP contribution < -0.4 is 4.74 Å². The van der Waals surface area contributed by atoms with Crippen LogP contribution in [0.25, 0.3) is 0 Å². The Morgan fingerprint density at radius 2 is 1.32 bits per heavy atom. The van der Waals surface area contributed by atoms with Crippen molar-refractivity contribution in [2.45, 2.75) is 5.92 Å². The van der Waals surface area contributed by atoms with Crippen molar-refractivity contribution in [3.05, 3.63) is 60.5 Å². The minimum absolute atomic E-state index is 0.0634. The zero-order valence-corrected chi connectivity index (χ0v) is 14.9. The molecule has 2 aromatic carbocycles. The monoisotopic (exact) mass is 393 g/mol. The molecular weight excluding hydrogens is 387 g/mol. The average molecular weight is 396 g/mol. The third-order valence-corrected chi connectivity index (χ3v) is 5.42.